The summed E-state index contributed by atoms with van der Waals surface area (Å²) in [7, 11) is 1.64. The number of nitrogens with one attached hydrogen (secondary N) is 2. The maximum Gasteiger partial charge on any atom is 0.221 e. The third kappa shape index (κ3) is 4.71. The molecule has 30 heavy (non-hydrogen) atoms. The standard InChI is InChI=1S/C23H29N5O2/c1-17(29)28-13-7-12-23(28,15-24)27-22(2,3)16-25-21-11-6-10-20(26-21)18-8-5-9-19(14-18)30-4/h5-6,8-11,14,27H,7,12-13,16H2,1-4H3,(H,25,26). The predicted octanol–water partition coefficient (Wildman–Crippen LogP) is 3.40. The van der Waals surface area contributed by atoms with Crippen molar-refractivity contribution in [3.63, 3.8) is 0 Å². The first-order chi connectivity index (χ1) is 14.3. The van der Waals surface area contributed by atoms with Crippen molar-refractivity contribution in [1.82, 2.24) is 15.2 Å². The van der Waals surface area contributed by atoms with Crippen LogP contribution in [0.4, 0.5) is 5.82 Å². The van der Waals surface area contributed by atoms with Gasteiger partial charge >= 0.3 is 0 Å². The summed E-state index contributed by atoms with van der Waals surface area (Å²) in [6.45, 7) is 6.68. The molecule has 0 saturated carbocycles. The second-order valence-electron chi connectivity index (χ2n) is 8.25. The molecule has 1 unspecified atom stereocenters. The van der Waals surface area contributed by atoms with Crippen molar-refractivity contribution in [1.29, 1.82) is 5.26 Å². The van der Waals surface area contributed by atoms with E-state index in [1.165, 1.54) is 6.92 Å². The SMILES string of the molecule is COc1cccc(-c2cccc(NCC(C)(C)NC3(C#N)CCCN3C(C)=O)n2)c1. The van der Waals surface area contributed by atoms with Crippen LogP contribution in [0.1, 0.15) is 33.6 Å². The summed E-state index contributed by atoms with van der Waals surface area (Å²) in [5, 5.41) is 16.6. The van der Waals surface area contributed by atoms with E-state index >= 15 is 0 Å². The van der Waals surface area contributed by atoms with Gasteiger partial charge in [0.1, 0.15) is 17.6 Å². The largest absolute Gasteiger partial charge is 0.497 e. The van der Waals surface area contributed by atoms with Crippen LogP contribution < -0.4 is 15.4 Å². The molecular weight excluding hydrogens is 378 g/mol. The fraction of sp³-hybridized carbons (Fsp3) is 0.435. The summed E-state index contributed by atoms with van der Waals surface area (Å²) < 4.78 is 5.30. The topological polar surface area (TPSA) is 90.3 Å². The molecule has 2 aromatic rings. The van der Waals surface area contributed by atoms with Crippen molar-refractivity contribution in [3.8, 4) is 23.1 Å². The van der Waals surface area contributed by atoms with Crippen LogP contribution in [0.5, 0.6) is 5.75 Å². The first-order valence-corrected chi connectivity index (χ1v) is 10.1. The predicted molar refractivity (Wildman–Crippen MR) is 117 cm³/mol. The van der Waals surface area contributed by atoms with E-state index in [0.29, 0.717) is 19.5 Å². The normalized spacial score (nSPS) is 18.7. The fourth-order valence-corrected chi connectivity index (χ4v) is 3.91. The molecule has 0 radical (unpaired) electrons. The van der Waals surface area contributed by atoms with Crippen molar-refractivity contribution in [2.24, 2.45) is 0 Å². The maximum absolute atomic E-state index is 12.0. The Bertz CT molecular complexity index is 953. The highest BCUT2D eigenvalue weighted by atomic mass is 16.5. The number of amides is 1. The molecule has 0 bridgehead atoms. The zero-order valence-corrected chi connectivity index (χ0v) is 18.0. The Morgan fingerprint density at radius 2 is 2.10 bits per heavy atom. The molecular formula is C23H29N5O2. The van der Waals surface area contributed by atoms with Gasteiger partial charge in [0.15, 0.2) is 5.66 Å². The zero-order valence-electron chi connectivity index (χ0n) is 18.0. The number of methoxy groups -OCH3 is 1. The van der Waals surface area contributed by atoms with Gasteiger partial charge in [0, 0.05) is 31.1 Å². The lowest BCUT2D eigenvalue weighted by Gasteiger charge is -2.40. The van der Waals surface area contributed by atoms with E-state index in [9.17, 15) is 10.1 Å². The first-order valence-electron chi connectivity index (χ1n) is 10.1. The Morgan fingerprint density at radius 1 is 1.33 bits per heavy atom. The number of anilines is 1. The molecule has 1 atom stereocenters. The number of pyridine rings is 1. The van der Waals surface area contributed by atoms with Crippen molar-refractivity contribution in [2.45, 2.75) is 44.8 Å². The summed E-state index contributed by atoms with van der Waals surface area (Å²) in [5.41, 5.74) is 0.410. The Kier molecular flexibility index (Phi) is 6.28. The maximum atomic E-state index is 12.0. The lowest BCUT2D eigenvalue weighted by Crippen LogP contribution is -2.63. The van der Waals surface area contributed by atoms with E-state index in [0.717, 1.165) is 29.2 Å². The average Bonchev–Trinajstić information content (AvgIpc) is 3.16. The molecule has 0 spiro atoms. The number of likely N-dealkylation sites (tertiary alicyclic amines) is 1. The van der Waals surface area contributed by atoms with Gasteiger partial charge in [-0.1, -0.05) is 18.2 Å². The second-order valence-corrected chi connectivity index (χ2v) is 8.25. The third-order valence-electron chi connectivity index (χ3n) is 5.32. The van der Waals surface area contributed by atoms with Gasteiger partial charge in [-0.3, -0.25) is 10.1 Å². The van der Waals surface area contributed by atoms with E-state index in [-0.39, 0.29) is 5.91 Å². The van der Waals surface area contributed by atoms with Crippen molar-refractivity contribution >= 4 is 11.7 Å². The molecule has 158 valence electrons. The van der Waals surface area contributed by atoms with Gasteiger partial charge in [-0.25, -0.2) is 4.98 Å². The number of carbonyl (C=O) groups is 1. The summed E-state index contributed by atoms with van der Waals surface area (Å²) in [6.07, 6.45) is 1.43. The third-order valence-corrected chi connectivity index (χ3v) is 5.32. The number of carbonyl (C=O) groups excluding carboxylic acids is 1. The van der Waals surface area contributed by atoms with Crippen LogP contribution in [-0.2, 0) is 4.79 Å². The van der Waals surface area contributed by atoms with Crippen LogP contribution in [0.3, 0.4) is 0 Å². The number of nitrogens with zero attached hydrogens (tertiary/aromatic N) is 3. The highest BCUT2D eigenvalue weighted by Crippen LogP contribution is 2.29. The number of aromatic nitrogens is 1. The van der Waals surface area contributed by atoms with Gasteiger partial charge in [0.2, 0.25) is 5.91 Å². The van der Waals surface area contributed by atoms with Gasteiger partial charge in [0.25, 0.3) is 0 Å². The van der Waals surface area contributed by atoms with Crippen LogP contribution in [0, 0.1) is 11.3 Å². The van der Waals surface area contributed by atoms with Crippen LogP contribution in [0.25, 0.3) is 11.3 Å². The van der Waals surface area contributed by atoms with E-state index in [4.69, 9.17) is 9.72 Å². The second kappa shape index (κ2) is 8.72. The number of hydrogen-bond donors (Lipinski definition) is 2. The molecule has 1 aromatic carbocycles. The van der Waals surface area contributed by atoms with Crippen molar-refractivity contribution in [3.05, 3.63) is 42.5 Å². The van der Waals surface area contributed by atoms with Crippen LogP contribution in [0.2, 0.25) is 0 Å². The van der Waals surface area contributed by atoms with Gasteiger partial charge in [-0.2, -0.15) is 5.26 Å². The van der Waals surface area contributed by atoms with Crippen LogP contribution >= 0.6 is 0 Å². The molecule has 7 nitrogen and oxygen atoms in total. The molecule has 1 aliphatic rings. The number of ether oxygens (including phenoxy) is 1. The van der Waals surface area contributed by atoms with Gasteiger partial charge < -0.3 is 15.0 Å². The lowest BCUT2D eigenvalue weighted by molar-refractivity contribution is -0.132. The van der Waals surface area contributed by atoms with E-state index < -0.39 is 11.2 Å². The minimum Gasteiger partial charge on any atom is -0.497 e. The fourth-order valence-electron chi connectivity index (χ4n) is 3.91. The zero-order chi connectivity index (χ0) is 21.8. The summed E-state index contributed by atoms with van der Waals surface area (Å²) in [4.78, 5) is 18.3. The quantitative estimate of drug-likeness (QED) is 0.731. The van der Waals surface area contributed by atoms with Gasteiger partial charge in [0.05, 0.1) is 12.8 Å². The molecule has 2 heterocycles. The molecule has 3 rings (SSSR count). The summed E-state index contributed by atoms with van der Waals surface area (Å²) >= 11 is 0. The molecule has 1 amide bonds. The first kappa shape index (κ1) is 21.6. The van der Waals surface area contributed by atoms with E-state index in [1.54, 1.807) is 12.0 Å². The van der Waals surface area contributed by atoms with E-state index in [1.807, 2.05) is 56.3 Å². The Labute approximate surface area is 178 Å². The lowest BCUT2D eigenvalue weighted by atomic mass is 9.99. The molecule has 1 aliphatic heterocycles. The Balaban J connectivity index is 1.71. The summed E-state index contributed by atoms with van der Waals surface area (Å²) in [6, 6.07) is 15.9. The van der Waals surface area contributed by atoms with Crippen LogP contribution in [0.15, 0.2) is 42.5 Å². The van der Waals surface area contributed by atoms with Crippen molar-refractivity contribution < 1.29 is 9.53 Å². The van der Waals surface area contributed by atoms with E-state index in [2.05, 4.69) is 16.7 Å². The van der Waals surface area contributed by atoms with Gasteiger partial charge in [-0.15, -0.1) is 0 Å². The summed E-state index contributed by atoms with van der Waals surface area (Å²) in [5.74, 6) is 1.44. The molecule has 1 saturated heterocycles. The average molecular weight is 408 g/mol. The number of benzene rings is 1. The number of nitriles is 1. The number of rotatable bonds is 7. The minimum absolute atomic E-state index is 0.0852. The highest BCUT2D eigenvalue weighted by Gasteiger charge is 2.45. The molecule has 0 aliphatic carbocycles. The minimum atomic E-state index is -0.965. The Hall–Kier alpha value is -3.11. The monoisotopic (exact) mass is 407 g/mol. The van der Waals surface area contributed by atoms with Gasteiger partial charge in [-0.05, 0) is 51.0 Å². The molecule has 7 heteroatoms. The molecule has 1 aromatic heterocycles. The highest BCUT2D eigenvalue weighted by molar-refractivity contribution is 5.75. The van der Waals surface area contributed by atoms with Crippen LogP contribution in [-0.4, -0.2) is 47.2 Å². The smallest absolute Gasteiger partial charge is 0.221 e. The molecule has 1 fully saturated rings. The molecule has 2 N–H and O–H groups in total. The van der Waals surface area contributed by atoms with Crippen molar-refractivity contribution in [2.75, 3.05) is 25.5 Å². The number of hydrogen-bond acceptors (Lipinski definition) is 6. The Morgan fingerprint density at radius 3 is 2.80 bits per heavy atom.